The summed E-state index contributed by atoms with van der Waals surface area (Å²) in [5.41, 5.74) is 0.0652. The Balaban J connectivity index is 2.11. The van der Waals surface area contributed by atoms with Gasteiger partial charge < -0.3 is 28.8 Å². The number of carbonyl (C=O) groups excluding carboxylic acids is 2. The molecule has 1 N–H and O–H groups in total. The normalized spacial score (nSPS) is 35.0. The highest BCUT2D eigenvalue weighted by Crippen LogP contribution is 2.56. The second-order valence-electron chi connectivity index (χ2n) is 4.92. The van der Waals surface area contributed by atoms with E-state index in [0.29, 0.717) is 5.57 Å². The van der Waals surface area contributed by atoms with Gasteiger partial charge in [-0.05, 0) is 18.6 Å². The summed E-state index contributed by atoms with van der Waals surface area (Å²) < 4.78 is 24.3. The molecule has 0 radical (unpaired) electrons. The minimum absolute atomic E-state index is 0.0532. The van der Waals surface area contributed by atoms with Crippen molar-refractivity contribution in [3.05, 3.63) is 11.6 Å². The van der Waals surface area contributed by atoms with Gasteiger partial charge in [-0.25, -0.2) is 9.59 Å². The Morgan fingerprint density at radius 2 is 2.00 bits per heavy atom. The van der Waals surface area contributed by atoms with E-state index in [1.54, 1.807) is 6.08 Å². The van der Waals surface area contributed by atoms with E-state index in [1.807, 2.05) is 6.92 Å². The third-order valence-electron chi connectivity index (χ3n) is 3.85. The summed E-state index contributed by atoms with van der Waals surface area (Å²) in [6.07, 6.45) is -1.06. The molecule has 1 aliphatic carbocycles. The van der Waals surface area contributed by atoms with Crippen LogP contribution >= 0.6 is 0 Å². The standard InChI is InChI=1S/C13H18O8/c1-13-8(6-14)7(4-5-19-11(15)17-2)9(10(13)21-13)20-12(16)18-3/h4,8-10,14H,5-6H2,1-3H3/b7-4+/t8-,9-,10-,13+/m0/s1. The summed E-state index contributed by atoms with van der Waals surface area (Å²) in [5, 5.41) is 9.54. The zero-order valence-electron chi connectivity index (χ0n) is 12.0. The van der Waals surface area contributed by atoms with E-state index >= 15 is 0 Å². The summed E-state index contributed by atoms with van der Waals surface area (Å²) >= 11 is 0. The van der Waals surface area contributed by atoms with Gasteiger partial charge in [-0.3, -0.25) is 0 Å². The van der Waals surface area contributed by atoms with Gasteiger partial charge in [-0.2, -0.15) is 0 Å². The Kier molecular flexibility index (Phi) is 4.38. The third kappa shape index (κ3) is 2.81. The molecule has 1 aliphatic heterocycles. The van der Waals surface area contributed by atoms with Crippen molar-refractivity contribution in [2.45, 2.75) is 24.7 Å². The van der Waals surface area contributed by atoms with Crippen LogP contribution in [0.3, 0.4) is 0 Å². The quantitative estimate of drug-likeness (QED) is 0.458. The van der Waals surface area contributed by atoms with Crippen molar-refractivity contribution in [2.24, 2.45) is 5.92 Å². The number of epoxide rings is 1. The van der Waals surface area contributed by atoms with E-state index in [9.17, 15) is 14.7 Å². The molecule has 0 aromatic rings. The number of aliphatic hydroxyl groups is 1. The number of aliphatic hydroxyl groups excluding tert-OH is 1. The molecule has 2 aliphatic rings. The highest BCUT2D eigenvalue weighted by Gasteiger charge is 2.70. The topological polar surface area (TPSA) is 104 Å². The molecule has 0 unspecified atom stereocenters. The fourth-order valence-electron chi connectivity index (χ4n) is 2.68. The van der Waals surface area contributed by atoms with Crippen molar-refractivity contribution in [3.63, 3.8) is 0 Å². The Labute approximate surface area is 121 Å². The van der Waals surface area contributed by atoms with Crippen LogP contribution < -0.4 is 0 Å². The van der Waals surface area contributed by atoms with Crippen LogP contribution in [0.5, 0.6) is 0 Å². The molecule has 1 saturated heterocycles. The van der Waals surface area contributed by atoms with Crippen LogP contribution in [0.15, 0.2) is 11.6 Å². The molecule has 0 aromatic carbocycles. The first-order chi connectivity index (χ1) is 9.97. The van der Waals surface area contributed by atoms with Crippen LogP contribution in [0.2, 0.25) is 0 Å². The van der Waals surface area contributed by atoms with Crippen molar-refractivity contribution >= 4 is 12.3 Å². The average molecular weight is 302 g/mol. The molecule has 0 bridgehead atoms. The molecule has 0 amide bonds. The lowest BCUT2D eigenvalue weighted by atomic mass is 9.94. The van der Waals surface area contributed by atoms with Crippen LogP contribution in [0.1, 0.15) is 6.92 Å². The molecule has 118 valence electrons. The van der Waals surface area contributed by atoms with Gasteiger partial charge in [0.25, 0.3) is 0 Å². The van der Waals surface area contributed by atoms with E-state index in [2.05, 4.69) is 9.47 Å². The molecule has 8 heteroatoms. The van der Waals surface area contributed by atoms with Gasteiger partial charge >= 0.3 is 12.3 Å². The molecule has 2 fully saturated rings. The zero-order valence-corrected chi connectivity index (χ0v) is 12.0. The summed E-state index contributed by atoms with van der Waals surface area (Å²) in [5.74, 6) is -0.335. The molecule has 0 aromatic heterocycles. The minimum atomic E-state index is -0.837. The lowest BCUT2D eigenvalue weighted by Crippen LogP contribution is -2.26. The number of methoxy groups -OCH3 is 2. The average Bonchev–Trinajstić information content (AvgIpc) is 3.10. The zero-order chi connectivity index (χ0) is 15.6. The first kappa shape index (κ1) is 15.6. The largest absolute Gasteiger partial charge is 0.508 e. The molecule has 4 atom stereocenters. The molecular formula is C13H18O8. The maximum Gasteiger partial charge on any atom is 0.508 e. The summed E-state index contributed by atoms with van der Waals surface area (Å²) in [4.78, 5) is 22.2. The smallest absolute Gasteiger partial charge is 0.438 e. The van der Waals surface area contributed by atoms with Crippen molar-refractivity contribution in [2.75, 3.05) is 27.4 Å². The summed E-state index contributed by atoms with van der Waals surface area (Å²) in [6, 6.07) is 0. The molecule has 21 heavy (non-hydrogen) atoms. The van der Waals surface area contributed by atoms with Gasteiger partial charge in [-0.15, -0.1) is 0 Å². The summed E-state index contributed by atoms with van der Waals surface area (Å²) in [7, 11) is 2.41. The fourth-order valence-corrected chi connectivity index (χ4v) is 2.68. The van der Waals surface area contributed by atoms with Crippen LogP contribution in [0.25, 0.3) is 0 Å². The Hall–Kier alpha value is -1.80. The molecule has 2 rings (SSSR count). The maximum atomic E-state index is 11.3. The van der Waals surface area contributed by atoms with Crippen LogP contribution in [0, 0.1) is 5.92 Å². The number of hydrogen-bond donors (Lipinski definition) is 1. The predicted molar refractivity (Wildman–Crippen MR) is 67.6 cm³/mol. The van der Waals surface area contributed by atoms with Crippen LogP contribution in [0.4, 0.5) is 9.59 Å². The lowest BCUT2D eigenvalue weighted by molar-refractivity contribution is 0.0307. The number of fused-ring (bicyclic) bond motifs is 1. The second-order valence-corrected chi connectivity index (χ2v) is 4.92. The van der Waals surface area contributed by atoms with Gasteiger partial charge in [0.1, 0.15) is 18.3 Å². The number of hydrogen-bond acceptors (Lipinski definition) is 8. The fraction of sp³-hybridized carbons (Fsp3) is 0.692. The second kappa shape index (κ2) is 5.90. The lowest BCUT2D eigenvalue weighted by Gasteiger charge is -2.21. The van der Waals surface area contributed by atoms with Crippen molar-refractivity contribution in [1.29, 1.82) is 0 Å². The first-order valence-electron chi connectivity index (χ1n) is 6.41. The van der Waals surface area contributed by atoms with E-state index < -0.39 is 24.0 Å². The van der Waals surface area contributed by atoms with Gasteiger partial charge in [0.05, 0.1) is 20.8 Å². The molecule has 0 spiro atoms. The predicted octanol–water partition coefficient (Wildman–Crippen LogP) is 0.627. The van der Waals surface area contributed by atoms with E-state index in [0.717, 1.165) is 0 Å². The summed E-state index contributed by atoms with van der Waals surface area (Å²) in [6.45, 7) is 1.61. The van der Waals surface area contributed by atoms with Crippen molar-refractivity contribution in [1.82, 2.24) is 0 Å². The first-order valence-corrected chi connectivity index (χ1v) is 6.41. The Morgan fingerprint density at radius 1 is 1.33 bits per heavy atom. The van der Waals surface area contributed by atoms with Crippen molar-refractivity contribution in [3.8, 4) is 0 Å². The molecule has 1 saturated carbocycles. The van der Waals surface area contributed by atoms with E-state index in [-0.39, 0.29) is 25.2 Å². The van der Waals surface area contributed by atoms with E-state index in [1.165, 1.54) is 14.2 Å². The Morgan fingerprint density at radius 3 is 2.57 bits per heavy atom. The van der Waals surface area contributed by atoms with Crippen LogP contribution in [-0.2, 0) is 23.7 Å². The van der Waals surface area contributed by atoms with Gasteiger partial charge in [0.2, 0.25) is 0 Å². The van der Waals surface area contributed by atoms with Gasteiger partial charge in [-0.1, -0.05) is 0 Å². The highest BCUT2D eigenvalue weighted by molar-refractivity contribution is 5.61. The Bertz CT molecular complexity index is 459. The number of rotatable bonds is 4. The van der Waals surface area contributed by atoms with E-state index in [4.69, 9.17) is 14.2 Å². The van der Waals surface area contributed by atoms with Gasteiger partial charge in [0, 0.05) is 5.92 Å². The van der Waals surface area contributed by atoms with Crippen LogP contribution in [-0.4, -0.2) is 62.7 Å². The minimum Gasteiger partial charge on any atom is -0.438 e. The molecule has 8 nitrogen and oxygen atoms in total. The molecular weight excluding hydrogens is 284 g/mol. The third-order valence-corrected chi connectivity index (χ3v) is 3.85. The number of ether oxygens (including phenoxy) is 5. The van der Waals surface area contributed by atoms with Crippen molar-refractivity contribution < 1.29 is 38.4 Å². The number of carbonyl (C=O) groups is 2. The monoisotopic (exact) mass is 302 g/mol. The van der Waals surface area contributed by atoms with Gasteiger partial charge in [0.15, 0.2) is 6.10 Å². The highest BCUT2D eigenvalue weighted by atomic mass is 16.7. The SMILES string of the molecule is COC(=O)OC/C=C1/[C@H](OC(=O)OC)[C@@H]2O[C@]2(C)[C@H]1CO. The maximum absolute atomic E-state index is 11.3. The molecule has 1 heterocycles.